The number of likely N-dealkylation sites (tertiary alicyclic amines) is 1. The number of thioether (sulfide) groups is 1. The third-order valence-electron chi connectivity index (χ3n) is 5.68. The summed E-state index contributed by atoms with van der Waals surface area (Å²) in [7, 11) is 0. The molecule has 0 spiro atoms. The summed E-state index contributed by atoms with van der Waals surface area (Å²) in [5.74, 6) is 2.82. The molecular weight excluding hydrogens is 366 g/mol. The number of piperidine rings is 1. The molecule has 0 saturated carbocycles. The van der Waals surface area contributed by atoms with Gasteiger partial charge >= 0.3 is 6.09 Å². The summed E-state index contributed by atoms with van der Waals surface area (Å²) in [6.45, 7) is 7.95. The maximum atomic E-state index is 11.8. The van der Waals surface area contributed by atoms with Crippen molar-refractivity contribution in [2.75, 3.05) is 64.1 Å². The predicted molar refractivity (Wildman–Crippen MR) is 108 cm³/mol. The largest absolute Gasteiger partial charge is 0.450 e. The molecule has 9 heteroatoms. The first kappa shape index (κ1) is 20.5. The summed E-state index contributed by atoms with van der Waals surface area (Å²) >= 11 is 2.01. The molecule has 3 aliphatic rings. The van der Waals surface area contributed by atoms with Crippen LogP contribution >= 0.6 is 11.8 Å². The molecule has 0 radical (unpaired) electrons. The van der Waals surface area contributed by atoms with Crippen molar-refractivity contribution in [1.82, 2.24) is 15.1 Å². The van der Waals surface area contributed by atoms with Crippen LogP contribution in [0.5, 0.6) is 0 Å². The topological polar surface area (TPSA) is 92.4 Å². The highest BCUT2D eigenvalue weighted by Crippen LogP contribution is 2.34. The molecule has 3 aliphatic heterocycles. The average Bonchev–Trinajstić information content (AvgIpc) is 3.18. The second kappa shape index (κ2) is 9.84. The molecule has 154 valence electrons. The molecule has 0 aromatic heterocycles. The van der Waals surface area contributed by atoms with Gasteiger partial charge in [-0.05, 0) is 31.9 Å². The monoisotopic (exact) mass is 399 g/mol. The van der Waals surface area contributed by atoms with Crippen molar-refractivity contribution < 1.29 is 14.3 Å². The normalized spacial score (nSPS) is 28.3. The van der Waals surface area contributed by atoms with Crippen molar-refractivity contribution in [2.45, 2.75) is 37.8 Å². The number of carbonyl (C=O) groups is 1. The van der Waals surface area contributed by atoms with E-state index >= 15 is 0 Å². The molecule has 3 N–H and O–H groups in total. The smallest absolute Gasteiger partial charge is 0.409 e. The summed E-state index contributed by atoms with van der Waals surface area (Å²) < 4.78 is 10.6. The molecule has 27 heavy (non-hydrogen) atoms. The molecule has 3 heterocycles. The van der Waals surface area contributed by atoms with Gasteiger partial charge in [0.2, 0.25) is 0 Å². The Morgan fingerprint density at radius 3 is 2.70 bits per heavy atom. The highest BCUT2D eigenvalue weighted by atomic mass is 32.2. The fourth-order valence-corrected chi connectivity index (χ4v) is 5.48. The maximum Gasteiger partial charge on any atom is 0.409 e. The molecule has 3 saturated heterocycles. The zero-order valence-corrected chi connectivity index (χ0v) is 17.1. The number of aliphatic imine (C=N–C) groups is 1. The molecule has 8 nitrogen and oxygen atoms in total. The van der Waals surface area contributed by atoms with E-state index in [1.165, 1.54) is 5.75 Å². The Kier molecular flexibility index (Phi) is 7.49. The highest BCUT2D eigenvalue weighted by Gasteiger charge is 2.40. The Balaban J connectivity index is 1.48. The first-order valence-electron chi connectivity index (χ1n) is 10.0. The van der Waals surface area contributed by atoms with E-state index in [1.54, 1.807) is 4.90 Å². The first-order valence-corrected chi connectivity index (χ1v) is 11.2. The number of carbonyl (C=O) groups excluding carboxylic acids is 1. The Morgan fingerprint density at radius 2 is 2.07 bits per heavy atom. The molecule has 3 fully saturated rings. The van der Waals surface area contributed by atoms with Gasteiger partial charge in [-0.1, -0.05) is 0 Å². The zero-order valence-electron chi connectivity index (χ0n) is 16.3. The van der Waals surface area contributed by atoms with Crippen molar-refractivity contribution in [3.8, 4) is 0 Å². The van der Waals surface area contributed by atoms with Crippen LogP contribution in [0.2, 0.25) is 0 Å². The number of nitrogens with zero attached hydrogens (tertiary/aromatic N) is 3. The lowest BCUT2D eigenvalue weighted by atomic mass is 9.96. The van der Waals surface area contributed by atoms with E-state index in [-0.39, 0.29) is 17.7 Å². The van der Waals surface area contributed by atoms with E-state index in [4.69, 9.17) is 20.2 Å². The highest BCUT2D eigenvalue weighted by molar-refractivity contribution is 7.99. The van der Waals surface area contributed by atoms with Gasteiger partial charge < -0.3 is 25.4 Å². The summed E-state index contributed by atoms with van der Waals surface area (Å²) in [5.41, 5.74) is 6.32. The van der Waals surface area contributed by atoms with E-state index in [0.717, 1.165) is 57.9 Å². The molecular formula is C18H33N5O3S. The quantitative estimate of drug-likeness (QED) is 0.520. The molecule has 0 bridgehead atoms. The SMILES string of the molecule is CCOC(=O)N1CCC(NC(N)=NCC2(N3CCOCC3)CCSC2)CC1. The molecule has 0 aromatic carbocycles. The fraction of sp³-hybridized carbons (Fsp3) is 0.889. The number of nitrogens with two attached hydrogens (primary N) is 1. The summed E-state index contributed by atoms with van der Waals surface area (Å²) in [6, 6.07) is 0.261. The number of guanidine groups is 1. The fourth-order valence-electron chi connectivity index (χ4n) is 4.02. The van der Waals surface area contributed by atoms with E-state index < -0.39 is 0 Å². The number of hydrogen-bond acceptors (Lipinski definition) is 6. The van der Waals surface area contributed by atoms with Crippen molar-refractivity contribution >= 4 is 23.8 Å². The van der Waals surface area contributed by atoms with Crippen molar-refractivity contribution in [2.24, 2.45) is 10.7 Å². The molecule has 0 aromatic rings. The van der Waals surface area contributed by atoms with Gasteiger partial charge in [0.1, 0.15) is 0 Å². The van der Waals surface area contributed by atoms with Crippen LogP contribution in [0.25, 0.3) is 0 Å². The number of morpholine rings is 1. The summed E-state index contributed by atoms with van der Waals surface area (Å²) in [5, 5.41) is 3.35. The van der Waals surface area contributed by atoms with Gasteiger partial charge in [-0.25, -0.2) is 4.79 Å². The van der Waals surface area contributed by atoms with Crippen LogP contribution in [0.3, 0.4) is 0 Å². The molecule has 3 rings (SSSR count). The van der Waals surface area contributed by atoms with E-state index in [0.29, 0.717) is 25.7 Å². The third-order valence-corrected chi connectivity index (χ3v) is 6.92. The Labute approximate surface area is 166 Å². The van der Waals surface area contributed by atoms with Crippen LogP contribution in [-0.4, -0.2) is 97.5 Å². The van der Waals surface area contributed by atoms with Crippen molar-refractivity contribution in [3.63, 3.8) is 0 Å². The van der Waals surface area contributed by atoms with Crippen molar-refractivity contribution in [1.29, 1.82) is 0 Å². The number of amides is 1. The Hall–Kier alpha value is -1.19. The lowest BCUT2D eigenvalue weighted by Gasteiger charge is -2.42. The van der Waals surface area contributed by atoms with Crippen molar-refractivity contribution in [3.05, 3.63) is 0 Å². The molecule has 1 unspecified atom stereocenters. The lowest BCUT2D eigenvalue weighted by Crippen LogP contribution is -2.56. The van der Waals surface area contributed by atoms with Crippen LogP contribution in [0, 0.1) is 0 Å². The van der Waals surface area contributed by atoms with Crippen LogP contribution in [0.1, 0.15) is 26.2 Å². The van der Waals surface area contributed by atoms with Gasteiger partial charge in [0.15, 0.2) is 5.96 Å². The maximum absolute atomic E-state index is 11.8. The van der Waals surface area contributed by atoms with Gasteiger partial charge in [-0.2, -0.15) is 11.8 Å². The Bertz CT molecular complexity index is 513. The van der Waals surface area contributed by atoms with Crippen LogP contribution in [0.15, 0.2) is 4.99 Å². The second-order valence-electron chi connectivity index (χ2n) is 7.43. The Morgan fingerprint density at radius 1 is 1.33 bits per heavy atom. The lowest BCUT2D eigenvalue weighted by molar-refractivity contribution is -0.0104. The zero-order chi connectivity index (χ0) is 19.1. The van der Waals surface area contributed by atoms with E-state index in [1.807, 2.05) is 18.7 Å². The van der Waals surface area contributed by atoms with Gasteiger partial charge in [-0.15, -0.1) is 0 Å². The summed E-state index contributed by atoms with van der Waals surface area (Å²) in [4.78, 5) is 20.8. The summed E-state index contributed by atoms with van der Waals surface area (Å²) in [6.07, 6.45) is 2.66. The van der Waals surface area contributed by atoms with Gasteiger partial charge in [0.05, 0.1) is 31.9 Å². The average molecular weight is 400 g/mol. The number of rotatable bonds is 5. The minimum Gasteiger partial charge on any atom is -0.450 e. The molecule has 1 atom stereocenters. The minimum atomic E-state index is -0.219. The molecule has 0 aliphatic carbocycles. The second-order valence-corrected chi connectivity index (χ2v) is 8.54. The number of hydrogen-bond donors (Lipinski definition) is 2. The van der Waals surface area contributed by atoms with Gasteiger partial charge in [-0.3, -0.25) is 9.89 Å². The van der Waals surface area contributed by atoms with Crippen LogP contribution in [-0.2, 0) is 9.47 Å². The first-order chi connectivity index (χ1) is 13.1. The van der Waals surface area contributed by atoms with Crippen LogP contribution < -0.4 is 11.1 Å². The van der Waals surface area contributed by atoms with Gasteiger partial charge in [0, 0.05) is 38.0 Å². The number of ether oxygens (including phenoxy) is 2. The van der Waals surface area contributed by atoms with Gasteiger partial charge in [0.25, 0.3) is 0 Å². The minimum absolute atomic E-state index is 0.119. The van der Waals surface area contributed by atoms with Crippen LogP contribution in [0.4, 0.5) is 4.79 Å². The molecule has 1 amide bonds. The standard InChI is InChI=1S/C18H33N5O3S/c1-2-26-17(24)22-6-3-15(4-7-22)21-16(19)20-13-18(5-12-27-14-18)23-8-10-25-11-9-23/h15H,2-14H2,1H3,(H3,19,20,21). The number of nitrogens with one attached hydrogen (secondary N) is 1. The predicted octanol–water partition coefficient (Wildman–Crippen LogP) is 0.720. The van der Waals surface area contributed by atoms with E-state index in [2.05, 4.69) is 10.2 Å². The third kappa shape index (κ3) is 5.42. The van der Waals surface area contributed by atoms with E-state index in [9.17, 15) is 4.79 Å².